The van der Waals surface area contributed by atoms with E-state index >= 15 is 0 Å². The molecule has 5 rings (SSSR count). The molecule has 0 spiro atoms. The second-order valence-corrected chi connectivity index (χ2v) is 11.1. The number of benzene rings is 4. The number of thioether (sulfide) groups is 1. The van der Waals surface area contributed by atoms with Crippen molar-refractivity contribution in [2.24, 2.45) is 4.99 Å². The van der Waals surface area contributed by atoms with Crippen molar-refractivity contribution >= 4 is 79.4 Å². The highest BCUT2D eigenvalue weighted by molar-refractivity contribution is 9.10. The lowest BCUT2D eigenvalue weighted by molar-refractivity contribution is -0.113. The highest BCUT2D eigenvalue weighted by atomic mass is 79.9. The number of hydrogen-bond acceptors (Lipinski definition) is 5. The quantitative estimate of drug-likeness (QED) is 0.189. The molecule has 1 fully saturated rings. The average molecular weight is 640 g/mol. The Kier molecular flexibility index (Phi) is 8.63. The lowest BCUT2D eigenvalue weighted by atomic mass is 10.1. The first kappa shape index (κ1) is 27.3. The Morgan fingerprint density at radius 1 is 0.949 bits per heavy atom. The molecular formula is C30H21BrCl2N2O3S. The molecule has 0 N–H and O–H groups in total. The minimum atomic E-state index is -0.200. The van der Waals surface area contributed by atoms with Gasteiger partial charge in [0.15, 0.2) is 16.7 Å². The summed E-state index contributed by atoms with van der Waals surface area (Å²) in [6, 6.07) is 27.8. The van der Waals surface area contributed by atoms with Crippen LogP contribution in [0.1, 0.15) is 11.1 Å². The zero-order chi connectivity index (χ0) is 27.4. The van der Waals surface area contributed by atoms with Crippen LogP contribution in [0.3, 0.4) is 0 Å². The smallest absolute Gasteiger partial charge is 0.271 e. The van der Waals surface area contributed by atoms with Gasteiger partial charge in [-0.25, -0.2) is 4.99 Å². The fourth-order valence-electron chi connectivity index (χ4n) is 3.84. The van der Waals surface area contributed by atoms with E-state index in [1.807, 2.05) is 48.5 Å². The Hall–Kier alpha value is -3.23. The number of aliphatic imine (C=N–C) groups is 1. The monoisotopic (exact) mass is 638 g/mol. The number of methoxy groups -OCH3 is 1. The van der Waals surface area contributed by atoms with Crippen molar-refractivity contribution in [3.8, 4) is 11.5 Å². The maximum Gasteiger partial charge on any atom is 0.271 e. The maximum absolute atomic E-state index is 13.6. The summed E-state index contributed by atoms with van der Waals surface area (Å²) in [5, 5.41) is 1.71. The van der Waals surface area contributed by atoms with Crippen molar-refractivity contribution in [2.45, 2.75) is 6.61 Å². The van der Waals surface area contributed by atoms with Crippen LogP contribution in [0.2, 0.25) is 10.0 Å². The van der Waals surface area contributed by atoms with Crippen LogP contribution in [0.5, 0.6) is 11.5 Å². The van der Waals surface area contributed by atoms with Gasteiger partial charge in [-0.05, 0) is 106 Å². The van der Waals surface area contributed by atoms with Crippen molar-refractivity contribution < 1.29 is 14.3 Å². The summed E-state index contributed by atoms with van der Waals surface area (Å²) in [5.41, 5.74) is 3.15. The van der Waals surface area contributed by atoms with E-state index in [0.717, 1.165) is 11.1 Å². The SMILES string of the molecule is COc1cc(/C=C2\SC(=Nc3ccc(Cl)cc3)N(c3ccc(Cl)cc3)C2=O)cc(Br)c1OCc1ccccc1. The summed E-state index contributed by atoms with van der Waals surface area (Å²) in [5.74, 6) is 0.934. The molecule has 196 valence electrons. The second-order valence-electron chi connectivity index (χ2n) is 8.41. The second kappa shape index (κ2) is 12.3. The van der Waals surface area contributed by atoms with Gasteiger partial charge in [-0.2, -0.15) is 0 Å². The topological polar surface area (TPSA) is 51.1 Å². The summed E-state index contributed by atoms with van der Waals surface area (Å²) in [6.07, 6.45) is 1.81. The van der Waals surface area contributed by atoms with Crippen molar-refractivity contribution in [3.05, 3.63) is 122 Å². The number of amidine groups is 1. The van der Waals surface area contributed by atoms with E-state index in [0.29, 0.717) is 54.1 Å². The molecule has 0 aromatic heterocycles. The standard InChI is InChI=1S/C30H21BrCl2N2O3S/c1-37-26-16-20(15-25(31)28(26)38-18-19-5-3-2-4-6-19)17-27-29(36)35(24-13-9-22(33)10-14-24)30(39-27)34-23-11-7-21(32)8-12-23/h2-17H,18H2,1H3/b27-17-,34-30?. The van der Waals surface area contributed by atoms with Gasteiger partial charge in [0.2, 0.25) is 0 Å². The summed E-state index contributed by atoms with van der Waals surface area (Å²) in [7, 11) is 1.59. The van der Waals surface area contributed by atoms with Gasteiger partial charge < -0.3 is 9.47 Å². The first-order valence-corrected chi connectivity index (χ1v) is 14.2. The molecule has 5 nitrogen and oxygen atoms in total. The average Bonchev–Trinajstić information content (AvgIpc) is 3.24. The molecule has 1 aliphatic heterocycles. The number of nitrogens with zero attached hydrogens (tertiary/aromatic N) is 2. The van der Waals surface area contributed by atoms with Crippen molar-refractivity contribution in [1.29, 1.82) is 0 Å². The molecule has 1 heterocycles. The van der Waals surface area contributed by atoms with Crippen LogP contribution in [-0.2, 0) is 11.4 Å². The van der Waals surface area contributed by atoms with Gasteiger partial charge in [0, 0.05) is 10.0 Å². The molecule has 0 atom stereocenters. The first-order chi connectivity index (χ1) is 18.9. The lowest BCUT2D eigenvalue weighted by Gasteiger charge is -2.15. The van der Waals surface area contributed by atoms with Crippen molar-refractivity contribution in [2.75, 3.05) is 12.0 Å². The van der Waals surface area contributed by atoms with Crippen LogP contribution >= 0.6 is 50.9 Å². The molecule has 0 bridgehead atoms. The number of carbonyl (C=O) groups excluding carboxylic acids is 1. The predicted octanol–water partition coefficient (Wildman–Crippen LogP) is 9.15. The summed E-state index contributed by atoms with van der Waals surface area (Å²) in [4.78, 5) is 20.5. The van der Waals surface area contributed by atoms with Gasteiger partial charge >= 0.3 is 0 Å². The van der Waals surface area contributed by atoms with Crippen LogP contribution in [0.25, 0.3) is 6.08 Å². The highest BCUT2D eigenvalue weighted by Crippen LogP contribution is 2.41. The van der Waals surface area contributed by atoms with Gasteiger partial charge in [0.1, 0.15) is 6.61 Å². The van der Waals surface area contributed by atoms with E-state index in [2.05, 4.69) is 15.9 Å². The zero-order valence-electron chi connectivity index (χ0n) is 20.6. The lowest BCUT2D eigenvalue weighted by Crippen LogP contribution is -2.28. The van der Waals surface area contributed by atoms with Crippen LogP contribution in [0, 0.1) is 0 Å². The fourth-order valence-corrected chi connectivity index (χ4v) is 5.66. The molecule has 0 saturated carbocycles. The number of carbonyl (C=O) groups is 1. The third-order valence-corrected chi connectivity index (χ3v) is 7.78. The number of halogens is 3. The maximum atomic E-state index is 13.6. The minimum Gasteiger partial charge on any atom is -0.493 e. The molecule has 0 unspecified atom stereocenters. The molecule has 1 saturated heterocycles. The van der Waals surface area contributed by atoms with Gasteiger partial charge in [-0.3, -0.25) is 9.69 Å². The largest absolute Gasteiger partial charge is 0.493 e. The number of amides is 1. The van der Waals surface area contributed by atoms with Gasteiger partial charge in [-0.15, -0.1) is 0 Å². The Morgan fingerprint density at radius 3 is 2.28 bits per heavy atom. The summed E-state index contributed by atoms with van der Waals surface area (Å²) < 4.78 is 12.4. The summed E-state index contributed by atoms with van der Waals surface area (Å²) >= 11 is 17.0. The molecule has 0 radical (unpaired) electrons. The zero-order valence-corrected chi connectivity index (χ0v) is 24.5. The number of rotatable bonds is 7. The first-order valence-electron chi connectivity index (χ1n) is 11.8. The van der Waals surface area contributed by atoms with E-state index in [1.165, 1.54) is 11.8 Å². The van der Waals surface area contributed by atoms with Gasteiger partial charge in [0.25, 0.3) is 5.91 Å². The predicted molar refractivity (Wildman–Crippen MR) is 165 cm³/mol. The molecule has 1 aliphatic rings. The third-order valence-electron chi connectivity index (χ3n) is 5.72. The Labute approximate surface area is 249 Å². The van der Waals surface area contributed by atoms with Crippen LogP contribution in [0.4, 0.5) is 11.4 Å². The third kappa shape index (κ3) is 6.50. The van der Waals surface area contributed by atoms with Crippen LogP contribution in [-0.4, -0.2) is 18.2 Å². The molecule has 9 heteroatoms. The van der Waals surface area contributed by atoms with Gasteiger partial charge in [-0.1, -0.05) is 53.5 Å². The Morgan fingerprint density at radius 2 is 1.62 bits per heavy atom. The van der Waals surface area contributed by atoms with Crippen molar-refractivity contribution in [1.82, 2.24) is 0 Å². The van der Waals surface area contributed by atoms with Gasteiger partial charge in [0.05, 0.1) is 27.9 Å². The van der Waals surface area contributed by atoms with E-state index in [1.54, 1.807) is 60.5 Å². The molecule has 1 amide bonds. The molecule has 0 aliphatic carbocycles. The van der Waals surface area contributed by atoms with E-state index in [4.69, 9.17) is 37.7 Å². The Balaban J connectivity index is 1.48. The van der Waals surface area contributed by atoms with E-state index in [-0.39, 0.29) is 5.91 Å². The van der Waals surface area contributed by atoms with Crippen LogP contribution in [0.15, 0.2) is 105 Å². The molecule has 39 heavy (non-hydrogen) atoms. The van der Waals surface area contributed by atoms with E-state index < -0.39 is 0 Å². The Bertz CT molecular complexity index is 1560. The molecular weight excluding hydrogens is 619 g/mol. The minimum absolute atomic E-state index is 0.200. The van der Waals surface area contributed by atoms with E-state index in [9.17, 15) is 4.79 Å². The normalized spacial score (nSPS) is 15.3. The molecule has 4 aromatic carbocycles. The highest BCUT2D eigenvalue weighted by Gasteiger charge is 2.35. The van der Waals surface area contributed by atoms with Crippen molar-refractivity contribution in [3.63, 3.8) is 0 Å². The number of ether oxygens (including phenoxy) is 2. The fraction of sp³-hybridized carbons (Fsp3) is 0.0667. The molecule has 4 aromatic rings. The summed E-state index contributed by atoms with van der Waals surface area (Å²) in [6.45, 7) is 0.394. The number of hydrogen-bond donors (Lipinski definition) is 0. The van der Waals surface area contributed by atoms with Crippen LogP contribution < -0.4 is 14.4 Å². The number of anilines is 1.